The highest BCUT2D eigenvalue weighted by atomic mass is 16.5. The number of ether oxygens (including phenoxy) is 1. The molecule has 1 unspecified atom stereocenters. The van der Waals surface area contributed by atoms with Crippen LogP contribution in [0.15, 0.2) is 24.3 Å². The molecule has 0 radical (unpaired) electrons. The molecule has 2 rings (SSSR count). The van der Waals surface area contributed by atoms with Gasteiger partial charge >= 0.3 is 0 Å². The van der Waals surface area contributed by atoms with Crippen molar-refractivity contribution in [3.8, 4) is 0 Å². The number of likely N-dealkylation sites (N-methyl/N-ethyl adjacent to an activating group) is 1. The first-order valence-electron chi connectivity index (χ1n) is 6.80. The van der Waals surface area contributed by atoms with Crippen LogP contribution in [-0.2, 0) is 4.74 Å². The van der Waals surface area contributed by atoms with Crippen LogP contribution in [0.25, 0.3) is 0 Å². The number of nitrogens with one attached hydrogen (secondary N) is 1. The largest absolute Gasteiger partial charge is 0.375 e. The molecule has 0 saturated carbocycles. The summed E-state index contributed by atoms with van der Waals surface area (Å²) < 4.78 is 5.66. The lowest BCUT2D eigenvalue weighted by atomic mass is 10.1. The van der Waals surface area contributed by atoms with Crippen molar-refractivity contribution in [1.29, 1.82) is 0 Å². The number of carbonyl (C=O) groups is 1. The predicted molar refractivity (Wildman–Crippen MR) is 75.4 cm³/mol. The maximum atomic E-state index is 11.9. The highest BCUT2D eigenvalue weighted by molar-refractivity contribution is 5.94. The van der Waals surface area contributed by atoms with Gasteiger partial charge in [0.25, 0.3) is 5.91 Å². The van der Waals surface area contributed by atoms with Gasteiger partial charge in [0.1, 0.15) is 0 Å². The summed E-state index contributed by atoms with van der Waals surface area (Å²) in [7, 11) is 2.10. The number of carbonyl (C=O) groups excluding carboxylic acids is 1. The van der Waals surface area contributed by atoms with Gasteiger partial charge in [-0.3, -0.25) is 4.79 Å². The van der Waals surface area contributed by atoms with E-state index in [2.05, 4.69) is 17.3 Å². The molecule has 1 amide bonds. The number of hydrogen-bond donors (Lipinski definition) is 1. The quantitative estimate of drug-likeness (QED) is 0.893. The van der Waals surface area contributed by atoms with Gasteiger partial charge in [0.2, 0.25) is 0 Å². The minimum Gasteiger partial charge on any atom is -0.375 e. The first-order chi connectivity index (χ1) is 9.15. The maximum Gasteiger partial charge on any atom is 0.251 e. The highest BCUT2D eigenvalue weighted by Crippen LogP contribution is 2.07. The summed E-state index contributed by atoms with van der Waals surface area (Å²) in [6.45, 7) is 5.37. The summed E-state index contributed by atoms with van der Waals surface area (Å²) >= 11 is 0. The SMILES string of the molecule is Cc1cccc(C(=O)NCCC2CN(C)CCO2)c1. The van der Waals surface area contributed by atoms with E-state index >= 15 is 0 Å². The summed E-state index contributed by atoms with van der Waals surface area (Å²) in [5.74, 6) is -0.00661. The number of benzene rings is 1. The zero-order valence-electron chi connectivity index (χ0n) is 11.7. The molecule has 4 heteroatoms. The first-order valence-corrected chi connectivity index (χ1v) is 6.80. The second-order valence-corrected chi connectivity index (χ2v) is 5.17. The van der Waals surface area contributed by atoms with E-state index in [0.29, 0.717) is 6.54 Å². The molecule has 1 heterocycles. The van der Waals surface area contributed by atoms with E-state index in [9.17, 15) is 4.79 Å². The average molecular weight is 262 g/mol. The lowest BCUT2D eigenvalue weighted by Gasteiger charge is -2.30. The van der Waals surface area contributed by atoms with Gasteiger partial charge in [-0.25, -0.2) is 0 Å². The van der Waals surface area contributed by atoms with E-state index in [4.69, 9.17) is 4.74 Å². The van der Waals surface area contributed by atoms with Crippen LogP contribution < -0.4 is 5.32 Å². The molecule has 1 aromatic carbocycles. The minimum atomic E-state index is -0.00661. The van der Waals surface area contributed by atoms with Crippen molar-refractivity contribution in [1.82, 2.24) is 10.2 Å². The molecular formula is C15H22N2O2. The van der Waals surface area contributed by atoms with Crippen LogP contribution in [0.1, 0.15) is 22.3 Å². The Kier molecular flexibility index (Phi) is 4.93. The molecule has 1 saturated heterocycles. The molecule has 1 N–H and O–H groups in total. The van der Waals surface area contributed by atoms with Crippen LogP contribution >= 0.6 is 0 Å². The van der Waals surface area contributed by atoms with Crippen molar-refractivity contribution in [2.75, 3.05) is 33.3 Å². The summed E-state index contributed by atoms with van der Waals surface area (Å²) in [5, 5.41) is 2.95. The van der Waals surface area contributed by atoms with E-state index in [1.807, 2.05) is 31.2 Å². The van der Waals surface area contributed by atoms with E-state index < -0.39 is 0 Å². The van der Waals surface area contributed by atoms with Crippen LogP contribution in [0.5, 0.6) is 0 Å². The van der Waals surface area contributed by atoms with E-state index in [0.717, 1.165) is 37.2 Å². The van der Waals surface area contributed by atoms with Crippen molar-refractivity contribution in [2.24, 2.45) is 0 Å². The monoisotopic (exact) mass is 262 g/mol. The van der Waals surface area contributed by atoms with Crippen LogP contribution in [0.4, 0.5) is 0 Å². The Bertz CT molecular complexity index is 434. The fourth-order valence-corrected chi connectivity index (χ4v) is 2.28. The zero-order valence-corrected chi connectivity index (χ0v) is 11.7. The molecule has 0 aromatic heterocycles. The minimum absolute atomic E-state index is 0.00661. The summed E-state index contributed by atoms with van der Waals surface area (Å²) in [4.78, 5) is 14.2. The summed E-state index contributed by atoms with van der Waals surface area (Å²) in [6.07, 6.45) is 1.10. The number of nitrogens with zero attached hydrogens (tertiary/aromatic N) is 1. The second-order valence-electron chi connectivity index (χ2n) is 5.17. The molecule has 19 heavy (non-hydrogen) atoms. The van der Waals surface area contributed by atoms with Crippen molar-refractivity contribution < 1.29 is 9.53 Å². The molecule has 1 aliphatic rings. The van der Waals surface area contributed by atoms with Crippen molar-refractivity contribution >= 4 is 5.91 Å². The average Bonchev–Trinajstić information content (AvgIpc) is 2.38. The molecular weight excluding hydrogens is 240 g/mol. The van der Waals surface area contributed by atoms with Gasteiger partial charge in [0, 0.05) is 25.2 Å². The molecule has 0 aliphatic carbocycles. The molecule has 1 aliphatic heterocycles. The number of hydrogen-bond acceptors (Lipinski definition) is 3. The number of amides is 1. The fraction of sp³-hybridized carbons (Fsp3) is 0.533. The smallest absolute Gasteiger partial charge is 0.251 e. The lowest BCUT2D eigenvalue weighted by Crippen LogP contribution is -2.41. The number of aryl methyl sites for hydroxylation is 1. The Hall–Kier alpha value is -1.39. The fourth-order valence-electron chi connectivity index (χ4n) is 2.28. The van der Waals surface area contributed by atoms with Crippen molar-refractivity contribution in [3.63, 3.8) is 0 Å². The Morgan fingerprint density at radius 2 is 2.37 bits per heavy atom. The van der Waals surface area contributed by atoms with Gasteiger partial charge in [-0.1, -0.05) is 17.7 Å². The highest BCUT2D eigenvalue weighted by Gasteiger charge is 2.17. The lowest BCUT2D eigenvalue weighted by molar-refractivity contribution is -0.0226. The van der Waals surface area contributed by atoms with Crippen LogP contribution in [-0.4, -0.2) is 50.2 Å². The van der Waals surface area contributed by atoms with Crippen LogP contribution in [0.2, 0.25) is 0 Å². The zero-order chi connectivity index (χ0) is 13.7. The van der Waals surface area contributed by atoms with Gasteiger partial charge in [0.05, 0.1) is 12.7 Å². The van der Waals surface area contributed by atoms with E-state index in [-0.39, 0.29) is 12.0 Å². The Morgan fingerprint density at radius 3 is 3.11 bits per heavy atom. The number of rotatable bonds is 4. The third kappa shape index (κ3) is 4.33. The summed E-state index contributed by atoms with van der Waals surface area (Å²) in [5.41, 5.74) is 1.83. The Labute approximate surface area is 114 Å². The first kappa shape index (κ1) is 14.0. The molecule has 0 spiro atoms. The van der Waals surface area contributed by atoms with Gasteiger partial charge in [-0.05, 0) is 32.5 Å². The Morgan fingerprint density at radius 1 is 1.53 bits per heavy atom. The normalized spacial score (nSPS) is 20.2. The maximum absolute atomic E-state index is 11.9. The van der Waals surface area contributed by atoms with Crippen LogP contribution in [0, 0.1) is 6.92 Å². The van der Waals surface area contributed by atoms with Crippen molar-refractivity contribution in [3.05, 3.63) is 35.4 Å². The summed E-state index contributed by atoms with van der Waals surface area (Å²) in [6, 6.07) is 7.64. The third-order valence-electron chi connectivity index (χ3n) is 3.37. The van der Waals surface area contributed by atoms with Gasteiger partial charge in [-0.2, -0.15) is 0 Å². The van der Waals surface area contributed by atoms with Crippen LogP contribution in [0.3, 0.4) is 0 Å². The molecule has 104 valence electrons. The topological polar surface area (TPSA) is 41.6 Å². The van der Waals surface area contributed by atoms with Gasteiger partial charge < -0.3 is 15.0 Å². The Balaban J connectivity index is 1.75. The second kappa shape index (κ2) is 6.68. The molecule has 1 atom stereocenters. The predicted octanol–water partition coefficient (Wildman–Crippen LogP) is 1.45. The molecule has 4 nitrogen and oxygen atoms in total. The van der Waals surface area contributed by atoms with Gasteiger partial charge in [0.15, 0.2) is 0 Å². The third-order valence-corrected chi connectivity index (χ3v) is 3.37. The molecule has 1 aromatic rings. The molecule has 1 fully saturated rings. The number of morpholine rings is 1. The van der Waals surface area contributed by atoms with Crippen molar-refractivity contribution in [2.45, 2.75) is 19.4 Å². The molecule has 0 bridgehead atoms. The van der Waals surface area contributed by atoms with E-state index in [1.165, 1.54) is 0 Å². The van der Waals surface area contributed by atoms with E-state index in [1.54, 1.807) is 0 Å². The van der Waals surface area contributed by atoms with Gasteiger partial charge in [-0.15, -0.1) is 0 Å². The standard InChI is InChI=1S/C15H22N2O2/c1-12-4-3-5-13(10-12)15(18)16-7-6-14-11-17(2)8-9-19-14/h3-5,10,14H,6-9,11H2,1-2H3,(H,16,18).